The van der Waals surface area contributed by atoms with Crippen molar-refractivity contribution in [2.45, 2.75) is 38.8 Å². The first-order valence-corrected chi connectivity index (χ1v) is 7.34. The van der Waals surface area contributed by atoms with E-state index >= 15 is 0 Å². The number of benzene rings is 1. The lowest BCUT2D eigenvalue weighted by atomic mass is 10.1. The van der Waals surface area contributed by atoms with E-state index in [0.717, 1.165) is 25.9 Å². The Hall–Kier alpha value is -1.39. The standard InChI is InChI=1S/C16H27N3O/c1-14(10-12-18-16(20)9-6-11-17)19(2)13-15-7-4-3-5-8-15/h3-5,7-8,14H,6,9-13,17H2,1-2H3,(H,18,20). The highest BCUT2D eigenvalue weighted by Crippen LogP contribution is 2.07. The first-order valence-electron chi connectivity index (χ1n) is 7.34. The van der Waals surface area contributed by atoms with Gasteiger partial charge in [-0.1, -0.05) is 30.3 Å². The zero-order chi connectivity index (χ0) is 14.8. The first-order chi connectivity index (χ1) is 9.63. The lowest BCUT2D eigenvalue weighted by Gasteiger charge is -2.24. The molecule has 1 aromatic rings. The third kappa shape index (κ3) is 6.68. The molecule has 4 nitrogen and oxygen atoms in total. The molecule has 0 spiro atoms. The fourth-order valence-corrected chi connectivity index (χ4v) is 2.02. The molecule has 0 aliphatic heterocycles. The van der Waals surface area contributed by atoms with Gasteiger partial charge in [-0.2, -0.15) is 0 Å². The van der Waals surface area contributed by atoms with Crippen LogP contribution >= 0.6 is 0 Å². The number of nitrogens with zero attached hydrogens (tertiary/aromatic N) is 1. The van der Waals surface area contributed by atoms with Crippen LogP contribution < -0.4 is 11.1 Å². The van der Waals surface area contributed by atoms with Crippen LogP contribution in [0.3, 0.4) is 0 Å². The molecule has 0 aliphatic carbocycles. The van der Waals surface area contributed by atoms with Crippen LogP contribution in [0.4, 0.5) is 0 Å². The van der Waals surface area contributed by atoms with Crippen LogP contribution in [0.1, 0.15) is 31.7 Å². The Kier molecular flexibility index (Phi) is 7.92. The van der Waals surface area contributed by atoms with Crippen molar-refractivity contribution in [1.82, 2.24) is 10.2 Å². The summed E-state index contributed by atoms with van der Waals surface area (Å²) in [6.45, 7) is 4.42. The Labute approximate surface area is 122 Å². The van der Waals surface area contributed by atoms with E-state index in [0.29, 0.717) is 19.0 Å². The Morgan fingerprint density at radius 1 is 1.35 bits per heavy atom. The molecular weight excluding hydrogens is 250 g/mol. The molecular formula is C16H27N3O. The van der Waals surface area contributed by atoms with Crippen LogP contribution in [-0.2, 0) is 11.3 Å². The first kappa shape index (κ1) is 16.7. The summed E-state index contributed by atoms with van der Waals surface area (Å²) in [5, 5.41) is 2.95. The monoisotopic (exact) mass is 277 g/mol. The highest BCUT2D eigenvalue weighted by Gasteiger charge is 2.10. The van der Waals surface area contributed by atoms with E-state index in [9.17, 15) is 4.79 Å². The molecule has 0 saturated carbocycles. The van der Waals surface area contributed by atoms with Gasteiger partial charge in [0.15, 0.2) is 0 Å². The summed E-state index contributed by atoms with van der Waals surface area (Å²) >= 11 is 0. The molecule has 112 valence electrons. The second kappa shape index (κ2) is 9.50. The number of carbonyl (C=O) groups excluding carboxylic acids is 1. The van der Waals surface area contributed by atoms with E-state index in [-0.39, 0.29) is 5.91 Å². The molecule has 1 rings (SSSR count). The summed E-state index contributed by atoms with van der Waals surface area (Å²) in [5.41, 5.74) is 6.69. The highest BCUT2D eigenvalue weighted by molar-refractivity contribution is 5.75. The Morgan fingerprint density at radius 2 is 2.05 bits per heavy atom. The summed E-state index contributed by atoms with van der Waals surface area (Å²) in [5.74, 6) is 0.105. The number of hydrogen-bond donors (Lipinski definition) is 2. The van der Waals surface area contributed by atoms with Gasteiger partial charge >= 0.3 is 0 Å². The number of hydrogen-bond acceptors (Lipinski definition) is 3. The van der Waals surface area contributed by atoms with Crippen LogP contribution in [0.2, 0.25) is 0 Å². The maximum absolute atomic E-state index is 11.5. The number of nitrogens with one attached hydrogen (secondary N) is 1. The third-order valence-electron chi connectivity index (χ3n) is 3.52. The van der Waals surface area contributed by atoms with Gasteiger partial charge in [-0.25, -0.2) is 0 Å². The van der Waals surface area contributed by atoms with Gasteiger partial charge in [0.25, 0.3) is 0 Å². The summed E-state index contributed by atoms with van der Waals surface area (Å²) < 4.78 is 0. The maximum Gasteiger partial charge on any atom is 0.220 e. The molecule has 1 atom stereocenters. The van der Waals surface area contributed by atoms with Crippen molar-refractivity contribution in [2.24, 2.45) is 5.73 Å². The molecule has 1 unspecified atom stereocenters. The van der Waals surface area contributed by atoms with Crippen molar-refractivity contribution >= 4 is 5.91 Å². The minimum Gasteiger partial charge on any atom is -0.356 e. The van der Waals surface area contributed by atoms with Crippen LogP contribution in [-0.4, -0.2) is 37.0 Å². The Bertz CT molecular complexity index is 381. The van der Waals surface area contributed by atoms with Crippen molar-refractivity contribution in [1.29, 1.82) is 0 Å². The fourth-order valence-electron chi connectivity index (χ4n) is 2.02. The second-order valence-corrected chi connectivity index (χ2v) is 5.28. The molecule has 0 bridgehead atoms. The summed E-state index contributed by atoms with van der Waals surface area (Å²) in [7, 11) is 2.12. The molecule has 0 aliphatic rings. The fraction of sp³-hybridized carbons (Fsp3) is 0.562. The smallest absolute Gasteiger partial charge is 0.220 e. The van der Waals surface area contributed by atoms with Crippen LogP contribution in [0, 0.1) is 0 Å². The third-order valence-corrected chi connectivity index (χ3v) is 3.52. The molecule has 0 saturated heterocycles. The van der Waals surface area contributed by atoms with Crippen LogP contribution in [0.15, 0.2) is 30.3 Å². The predicted molar refractivity (Wildman–Crippen MR) is 83.3 cm³/mol. The van der Waals surface area contributed by atoms with Gasteiger partial charge in [0.2, 0.25) is 5.91 Å². The molecule has 20 heavy (non-hydrogen) atoms. The summed E-state index contributed by atoms with van der Waals surface area (Å²) in [6.07, 6.45) is 2.25. The Morgan fingerprint density at radius 3 is 2.70 bits per heavy atom. The van der Waals surface area contributed by atoms with Gasteiger partial charge in [-0.15, -0.1) is 0 Å². The Balaban J connectivity index is 2.21. The van der Waals surface area contributed by atoms with E-state index in [2.05, 4.69) is 48.5 Å². The molecule has 1 aromatic carbocycles. The van der Waals surface area contributed by atoms with E-state index < -0.39 is 0 Å². The van der Waals surface area contributed by atoms with E-state index in [1.807, 2.05) is 6.07 Å². The molecule has 0 radical (unpaired) electrons. The van der Waals surface area contributed by atoms with Gasteiger partial charge in [0.1, 0.15) is 0 Å². The minimum atomic E-state index is 0.105. The van der Waals surface area contributed by atoms with Gasteiger partial charge in [-0.05, 0) is 38.9 Å². The molecule has 0 aromatic heterocycles. The van der Waals surface area contributed by atoms with E-state index in [4.69, 9.17) is 5.73 Å². The van der Waals surface area contributed by atoms with Gasteiger partial charge in [-0.3, -0.25) is 9.69 Å². The van der Waals surface area contributed by atoms with Crippen molar-refractivity contribution in [3.63, 3.8) is 0 Å². The quantitative estimate of drug-likeness (QED) is 0.723. The summed E-state index contributed by atoms with van der Waals surface area (Å²) in [4.78, 5) is 13.8. The van der Waals surface area contributed by atoms with Crippen molar-refractivity contribution in [3.8, 4) is 0 Å². The van der Waals surface area contributed by atoms with Crippen molar-refractivity contribution < 1.29 is 4.79 Å². The number of nitrogens with two attached hydrogens (primary N) is 1. The average molecular weight is 277 g/mol. The average Bonchev–Trinajstić information content (AvgIpc) is 2.46. The SMILES string of the molecule is CC(CCNC(=O)CCCN)N(C)Cc1ccccc1. The zero-order valence-electron chi connectivity index (χ0n) is 12.6. The van der Waals surface area contributed by atoms with Crippen molar-refractivity contribution in [3.05, 3.63) is 35.9 Å². The highest BCUT2D eigenvalue weighted by atomic mass is 16.1. The van der Waals surface area contributed by atoms with E-state index in [1.54, 1.807) is 0 Å². The van der Waals surface area contributed by atoms with Crippen LogP contribution in [0.5, 0.6) is 0 Å². The summed E-state index contributed by atoms with van der Waals surface area (Å²) in [6, 6.07) is 10.9. The lowest BCUT2D eigenvalue weighted by Crippen LogP contribution is -2.33. The molecule has 0 heterocycles. The molecule has 3 N–H and O–H groups in total. The van der Waals surface area contributed by atoms with Gasteiger partial charge < -0.3 is 11.1 Å². The van der Waals surface area contributed by atoms with E-state index in [1.165, 1.54) is 5.56 Å². The minimum absolute atomic E-state index is 0.105. The normalized spacial score (nSPS) is 12.4. The van der Waals surface area contributed by atoms with Gasteiger partial charge in [0, 0.05) is 25.6 Å². The van der Waals surface area contributed by atoms with Crippen LogP contribution in [0.25, 0.3) is 0 Å². The van der Waals surface area contributed by atoms with Gasteiger partial charge in [0.05, 0.1) is 0 Å². The number of amides is 1. The largest absolute Gasteiger partial charge is 0.356 e. The predicted octanol–water partition coefficient (Wildman–Crippen LogP) is 1.75. The molecule has 4 heteroatoms. The number of carbonyl (C=O) groups is 1. The van der Waals surface area contributed by atoms with Crippen molar-refractivity contribution in [2.75, 3.05) is 20.1 Å². The molecule has 0 fully saturated rings. The lowest BCUT2D eigenvalue weighted by molar-refractivity contribution is -0.121. The second-order valence-electron chi connectivity index (χ2n) is 5.28. The zero-order valence-corrected chi connectivity index (χ0v) is 12.6. The number of rotatable bonds is 9. The molecule has 1 amide bonds. The topological polar surface area (TPSA) is 58.4 Å². The maximum atomic E-state index is 11.5.